The van der Waals surface area contributed by atoms with Crippen LogP contribution in [0.15, 0.2) is 0 Å². The fraction of sp³-hybridized carbons (Fsp3) is 0.857. The Labute approximate surface area is 61.2 Å². The maximum Gasteiger partial charge on any atom is 0.174 e. The molecule has 0 saturated heterocycles. The van der Waals surface area contributed by atoms with Crippen LogP contribution in [0, 0.1) is 5.92 Å². The van der Waals surface area contributed by atoms with E-state index in [-0.39, 0.29) is 5.78 Å². The summed E-state index contributed by atoms with van der Waals surface area (Å²) in [4.78, 5) is 10.7. The van der Waals surface area contributed by atoms with Crippen LogP contribution in [0.3, 0.4) is 0 Å². The molecule has 0 saturated carbocycles. The molecule has 0 heterocycles. The first-order valence-corrected chi connectivity index (χ1v) is 3.47. The summed E-state index contributed by atoms with van der Waals surface area (Å²) in [6.45, 7) is 3.54. The lowest BCUT2D eigenvalue weighted by Gasteiger charge is -2.10. The topological polar surface area (TPSA) is 63.3 Å². The number of hydrogen-bond donors (Lipinski definition) is 2. The van der Waals surface area contributed by atoms with Crippen LogP contribution in [0.1, 0.15) is 20.3 Å². The normalized spacial score (nSPS) is 13.7. The molecule has 0 amide bonds. The van der Waals surface area contributed by atoms with Crippen molar-refractivity contribution in [3.8, 4) is 0 Å². The second-order valence-electron chi connectivity index (χ2n) is 2.86. The molecule has 0 aliphatic heterocycles. The van der Waals surface area contributed by atoms with E-state index in [4.69, 9.17) is 10.8 Å². The summed E-state index contributed by atoms with van der Waals surface area (Å²) < 4.78 is 0. The number of Topliss-reactive ketones (excluding diaryl/α,β-unsaturated/α-hetero) is 1. The van der Waals surface area contributed by atoms with E-state index < -0.39 is 12.6 Å². The molecule has 3 heteroatoms. The predicted molar refractivity (Wildman–Crippen MR) is 39.5 cm³/mol. The summed E-state index contributed by atoms with van der Waals surface area (Å²) in [5.41, 5.74) is 5.42. The second-order valence-corrected chi connectivity index (χ2v) is 2.86. The van der Waals surface area contributed by atoms with E-state index in [1.165, 1.54) is 0 Å². The Morgan fingerprint density at radius 1 is 1.60 bits per heavy atom. The van der Waals surface area contributed by atoms with Crippen LogP contribution in [0.2, 0.25) is 0 Å². The molecule has 0 radical (unpaired) electrons. The summed E-state index contributed by atoms with van der Waals surface area (Å²) >= 11 is 0. The summed E-state index contributed by atoms with van der Waals surface area (Å²) in [6, 6.07) is -0.481. The molecule has 0 aromatic rings. The molecule has 3 nitrogen and oxygen atoms in total. The lowest BCUT2D eigenvalue weighted by molar-refractivity contribution is -0.123. The van der Waals surface area contributed by atoms with E-state index in [0.29, 0.717) is 12.3 Å². The van der Waals surface area contributed by atoms with Crippen LogP contribution in [0.5, 0.6) is 0 Å². The van der Waals surface area contributed by atoms with Crippen molar-refractivity contribution >= 4 is 5.78 Å². The van der Waals surface area contributed by atoms with Gasteiger partial charge in [-0.1, -0.05) is 13.8 Å². The Bertz CT molecular complexity index is 112. The Morgan fingerprint density at radius 3 is 2.40 bits per heavy atom. The smallest absolute Gasteiger partial charge is 0.174 e. The molecule has 0 aromatic heterocycles. The van der Waals surface area contributed by atoms with Crippen LogP contribution in [0.25, 0.3) is 0 Å². The first-order chi connectivity index (χ1) is 4.57. The monoisotopic (exact) mass is 145 g/mol. The van der Waals surface area contributed by atoms with Gasteiger partial charge in [-0.2, -0.15) is 0 Å². The van der Waals surface area contributed by atoms with Crippen molar-refractivity contribution in [3.63, 3.8) is 0 Å². The number of nitrogens with two attached hydrogens (primary N) is 1. The zero-order chi connectivity index (χ0) is 8.15. The maximum absolute atomic E-state index is 10.7. The van der Waals surface area contributed by atoms with E-state index in [1.54, 1.807) is 0 Å². The van der Waals surface area contributed by atoms with Gasteiger partial charge in [0, 0.05) is 0 Å². The third-order valence-electron chi connectivity index (χ3n) is 1.29. The fourth-order valence-electron chi connectivity index (χ4n) is 0.757. The molecule has 1 atom stereocenters. The highest BCUT2D eigenvalue weighted by Crippen LogP contribution is 2.02. The van der Waals surface area contributed by atoms with Gasteiger partial charge in [-0.05, 0) is 12.3 Å². The van der Waals surface area contributed by atoms with Gasteiger partial charge in [-0.3, -0.25) is 4.79 Å². The molecule has 0 rings (SSSR count). The molecule has 0 aliphatic rings. The van der Waals surface area contributed by atoms with E-state index in [9.17, 15) is 4.79 Å². The minimum absolute atomic E-state index is 0.270. The first-order valence-electron chi connectivity index (χ1n) is 3.47. The first kappa shape index (κ1) is 9.59. The zero-order valence-electron chi connectivity index (χ0n) is 6.50. The van der Waals surface area contributed by atoms with E-state index in [0.717, 1.165) is 0 Å². The fourth-order valence-corrected chi connectivity index (χ4v) is 0.757. The molecule has 0 aliphatic carbocycles. The van der Waals surface area contributed by atoms with Crippen molar-refractivity contribution < 1.29 is 9.90 Å². The molecular weight excluding hydrogens is 130 g/mol. The molecule has 60 valence electrons. The Hall–Kier alpha value is -0.410. The van der Waals surface area contributed by atoms with Gasteiger partial charge in [0.2, 0.25) is 0 Å². The number of carbonyl (C=O) groups excluding carboxylic acids is 1. The van der Waals surface area contributed by atoms with Crippen molar-refractivity contribution in [1.82, 2.24) is 0 Å². The molecule has 0 bridgehead atoms. The molecule has 1 unspecified atom stereocenters. The van der Waals surface area contributed by atoms with Gasteiger partial charge in [0.25, 0.3) is 0 Å². The van der Waals surface area contributed by atoms with Gasteiger partial charge < -0.3 is 10.8 Å². The van der Waals surface area contributed by atoms with E-state index >= 15 is 0 Å². The minimum atomic E-state index is -0.481. The highest BCUT2D eigenvalue weighted by molar-refractivity contribution is 5.84. The third-order valence-corrected chi connectivity index (χ3v) is 1.29. The summed E-state index contributed by atoms with van der Waals surface area (Å²) in [6.07, 6.45) is 0.652. The molecular formula is C7H15NO2. The van der Waals surface area contributed by atoms with Gasteiger partial charge in [0.05, 0.1) is 6.04 Å². The predicted octanol–water partition coefficient (Wildman–Crippen LogP) is -0.0788. The summed E-state index contributed by atoms with van der Waals surface area (Å²) in [7, 11) is 0. The maximum atomic E-state index is 10.7. The Balaban J connectivity index is 3.61. The van der Waals surface area contributed by atoms with Crippen LogP contribution in [-0.4, -0.2) is 23.5 Å². The van der Waals surface area contributed by atoms with Crippen LogP contribution in [0.4, 0.5) is 0 Å². The lowest BCUT2D eigenvalue weighted by Crippen LogP contribution is -2.33. The average molecular weight is 145 g/mol. The van der Waals surface area contributed by atoms with Crippen LogP contribution >= 0.6 is 0 Å². The minimum Gasteiger partial charge on any atom is -0.389 e. The number of aliphatic hydroxyl groups excluding tert-OH is 1. The van der Waals surface area contributed by atoms with E-state index in [1.807, 2.05) is 13.8 Å². The van der Waals surface area contributed by atoms with Gasteiger partial charge in [-0.15, -0.1) is 0 Å². The third kappa shape index (κ3) is 3.58. The SMILES string of the molecule is CC(C)CC(N)C(=O)CO. The van der Waals surface area contributed by atoms with Crippen molar-refractivity contribution in [2.75, 3.05) is 6.61 Å². The number of carbonyl (C=O) groups is 1. The van der Waals surface area contributed by atoms with Crippen LogP contribution < -0.4 is 5.73 Å². The number of aliphatic hydroxyl groups is 1. The van der Waals surface area contributed by atoms with Crippen molar-refractivity contribution in [2.24, 2.45) is 11.7 Å². The highest BCUT2D eigenvalue weighted by atomic mass is 16.3. The highest BCUT2D eigenvalue weighted by Gasteiger charge is 2.12. The molecule has 0 spiro atoms. The van der Waals surface area contributed by atoms with Gasteiger partial charge >= 0.3 is 0 Å². The quantitative estimate of drug-likeness (QED) is 0.581. The zero-order valence-corrected chi connectivity index (χ0v) is 6.50. The van der Waals surface area contributed by atoms with Crippen LogP contribution in [-0.2, 0) is 4.79 Å². The second kappa shape index (κ2) is 4.41. The van der Waals surface area contributed by atoms with Crippen molar-refractivity contribution in [2.45, 2.75) is 26.3 Å². The summed E-state index contributed by atoms with van der Waals surface area (Å²) in [5.74, 6) is 0.138. The number of rotatable bonds is 4. The van der Waals surface area contributed by atoms with Gasteiger partial charge in [0.15, 0.2) is 5.78 Å². The van der Waals surface area contributed by atoms with Crippen molar-refractivity contribution in [1.29, 1.82) is 0 Å². The van der Waals surface area contributed by atoms with E-state index in [2.05, 4.69) is 0 Å². The van der Waals surface area contributed by atoms with Crippen molar-refractivity contribution in [3.05, 3.63) is 0 Å². The molecule has 0 fully saturated rings. The Morgan fingerprint density at radius 2 is 2.10 bits per heavy atom. The number of hydrogen-bond acceptors (Lipinski definition) is 3. The number of ketones is 1. The standard InChI is InChI=1S/C7H15NO2/c1-5(2)3-6(8)7(10)4-9/h5-6,9H,3-4,8H2,1-2H3. The molecule has 3 N–H and O–H groups in total. The average Bonchev–Trinajstić information content (AvgIpc) is 1.85. The largest absolute Gasteiger partial charge is 0.389 e. The summed E-state index contributed by atoms with van der Waals surface area (Å²) in [5, 5.41) is 8.39. The van der Waals surface area contributed by atoms with Gasteiger partial charge in [-0.25, -0.2) is 0 Å². The molecule has 0 aromatic carbocycles. The Kier molecular flexibility index (Phi) is 4.23. The van der Waals surface area contributed by atoms with Gasteiger partial charge in [0.1, 0.15) is 6.61 Å². The lowest BCUT2D eigenvalue weighted by atomic mass is 10.0. The molecule has 10 heavy (non-hydrogen) atoms.